The third-order valence-corrected chi connectivity index (χ3v) is 9.41. The number of ketones is 1. The van der Waals surface area contributed by atoms with Crippen LogP contribution in [0, 0.1) is 17.5 Å². The minimum Gasteiger partial charge on any atom is -0.484 e. The van der Waals surface area contributed by atoms with E-state index in [2.05, 4.69) is 5.32 Å². The Morgan fingerprint density at radius 1 is 0.872 bits per heavy atom. The second-order valence-electron chi connectivity index (χ2n) is 12.5. The second-order valence-corrected chi connectivity index (χ2v) is 12.5. The summed E-state index contributed by atoms with van der Waals surface area (Å²) in [4.78, 5) is 29.2. The summed E-state index contributed by atoms with van der Waals surface area (Å²) in [7, 11) is 0. The molecule has 0 bridgehead atoms. The highest BCUT2D eigenvalue weighted by molar-refractivity contribution is 5.88. The number of carbonyl (C=O) groups is 2. The van der Waals surface area contributed by atoms with Crippen LogP contribution < -0.4 is 15.8 Å². The maximum Gasteiger partial charge on any atom is 0.261 e. The van der Waals surface area contributed by atoms with Crippen LogP contribution >= 0.6 is 0 Å². The zero-order valence-electron chi connectivity index (χ0n) is 26.0. The zero-order valence-corrected chi connectivity index (χ0v) is 26.0. The summed E-state index contributed by atoms with van der Waals surface area (Å²) in [6.45, 7) is 1.20. The topological polar surface area (TPSA) is 84.7 Å². The van der Waals surface area contributed by atoms with Gasteiger partial charge in [-0.05, 0) is 90.4 Å². The fourth-order valence-corrected chi connectivity index (χ4v) is 6.83. The Morgan fingerprint density at radius 2 is 1.51 bits per heavy atom. The van der Waals surface area contributed by atoms with Gasteiger partial charge in [0.1, 0.15) is 23.2 Å². The maximum absolute atomic E-state index is 15.4. The Bertz CT molecular complexity index is 1650. The molecule has 1 heterocycles. The smallest absolute Gasteiger partial charge is 0.261 e. The van der Waals surface area contributed by atoms with E-state index in [0.717, 1.165) is 12.8 Å². The van der Waals surface area contributed by atoms with Gasteiger partial charge in [0.05, 0.1) is 11.6 Å². The predicted molar refractivity (Wildman–Crippen MR) is 173 cm³/mol. The number of para-hydroxylation sites is 1. The number of carbonyl (C=O) groups excluding carboxylic acids is 2. The second kappa shape index (κ2) is 14.1. The average Bonchev–Trinajstić information content (AvgIpc) is 3.84. The van der Waals surface area contributed by atoms with Crippen molar-refractivity contribution in [3.8, 4) is 5.75 Å². The monoisotopic (exact) mass is 641 g/mol. The van der Waals surface area contributed by atoms with Crippen molar-refractivity contribution in [3.05, 3.63) is 137 Å². The number of hydrogen-bond acceptors (Lipinski definition) is 5. The highest BCUT2D eigenvalue weighted by atomic mass is 19.1. The van der Waals surface area contributed by atoms with Gasteiger partial charge in [0.2, 0.25) is 0 Å². The number of Topliss-reactive ketones (excluding diaryl/α,β-unsaturated/α-hetero) is 1. The molecule has 1 saturated carbocycles. The van der Waals surface area contributed by atoms with Crippen LogP contribution in [0.3, 0.4) is 0 Å². The van der Waals surface area contributed by atoms with Crippen LogP contribution in [0.4, 0.5) is 13.2 Å². The molecular formula is C38H38F3N3O3. The molecule has 4 aromatic carbocycles. The number of benzene rings is 4. The number of ether oxygens (including phenoxy) is 1. The van der Waals surface area contributed by atoms with Crippen molar-refractivity contribution in [2.75, 3.05) is 19.7 Å². The lowest BCUT2D eigenvalue weighted by Crippen LogP contribution is -2.62. The molecule has 1 amide bonds. The summed E-state index contributed by atoms with van der Waals surface area (Å²) in [6.07, 6.45) is 2.49. The highest BCUT2D eigenvalue weighted by Gasteiger charge is 2.54. The molecule has 6 rings (SSSR count). The standard InChI is InChI=1S/C38H38F3N3O3/c39-28-13-9-25(10-14-28)36(26-11-15-29(40)16-12-26)37(42)34(45)21-27-5-4-8-33(41)32(27)18-17-30-22-43-24-38(19-20-38)44(30)35(46)23-47-31-6-2-1-3-7-31/h1-16,30,36-37,43H,17-24,42H2/t30-,37+/m0/s1. The third kappa shape index (κ3) is 7.42. The number of halogens is 3. The van der Waals surface area contributed by atoms with Crippen LogP contribution in [0.1, 0.15) is 47.4 Å². The van der Waals surface area contributed by atoms with Crippen molar-refractivity contribution in [1.29, 1.82) is 0 Å². The van der Waals surface area contributed by atoms with E-state index < -0.39 is 29.4 Å². The van der Waals surface area contributed by atoms with Gasteiger partial charge in [0.25, 0.3) is 5.91 Å². The van der Waals surface area contributed by atoms with Crippen LogP contribution in [0.2, 0.25) is 0 Å². The van der Waals surface area contributed by atoms with Crippen molar-refractivity contribution >= 4 is 11.7 Å². The van der Waals surface area contributed by atoms with Gasteiger partial charge in [-0.3, -0.25) is 9.59 Å². The summed E-state index contributed by atoms with van der Waals surface area (Å²) in [5.74, 6) is -1.75. The number of nitrogens with one attached hydrogen (secondary N) is 1. The summed E-state index contributed by atoms with van der Waals surface area (Å²) in [5.41, 5.74) is 8.50. The van der Waals surface area contributed by atoms with E-state index in [1.807, 2.05) is 35.2 Å². The molecular weight excluding hydrogens is 603 g/mol. The number of rotatable bonds is 12. The van der Waals surface area contributed by atoms with Gasteiger partial charge >= 0.3 is 0 Å². The molecule has 47 heavy (non-hydrogen) atoms. The molecule has 6 nitrogen and oxygen atoms in total. The SMILES string of the molecule is N[C@H](C(=O)Cc1cccc(F)c1CC[C@H]1CNCC2(CC2)N1C(=O)COc1ccccc1)C(c1ccc(F)cc1)c1ccc(F)cc1. The summed E-state index contributed by atoms with van der Waals surface area (Å²) in [5, 5.41) is 3.46. The van der Waals surface area contributed by atoms with Crippen LogP contribution in [-0.4, -0.2) is 53.9 Å². The molecule has 1 aliphatic carbocycles. The normalized spacial score (nSPS) is 17.5. The van der Waals surface area contributed by atoms with Crippen molar-refractivity contribution in [1.82, 2.24) is 10.2 Å². The van der Waals surface area contributed by atoms with Gasteiger partial charge in [-0.25, -0.2) is 13.2 Å². The molecule has 0 unspecified atom stereocenters. The molecule has 244 valence electrons. The van der Waals surface area contributed by atoms with Crippen LogP contribution in [0.5, 0.6) is 5.75 Å². The highest BCUT2D eigenvalue weighted by Crippen LogP contribution is 2.45. The summed E-state index contributed by atoms with van der Waals surface area (Å²) >= 11 is 0. The maximum atomic E-state index is 15.4. The number of hydrogen-bond donors (Lipinski definition) is 2. The minimum atomic E-state index is -1.06. The van der Waals surface area contributed by atoms with Gasteiger partial charge in [0, 0.05) is 31.5 Å². The first kappa shape index (κ1) is 32.5. The van der Waals surface area contributed by atoms with Crippen LogP contribution in [-0.2, 0) is 22.4 Å². The summed E-state index contributed by atoms with van der Waals surface area (Å²) < 4.78 is 48.7. The van der Waals surface area contributed by atoms with Crippen LogP contribution in [0.25, 0.3) is 0 Å². The number of amides is 1. The van der Waals surface area contributed by atoms with Gasteiger partial charge in [-0.2, -0.15) is 0 Å². The number of piperazine rings is 1. The van der Waals surface area contributed by atoms with E-state index in [1.54, 1.807) is 36.4 Å². The minimum absolute atomic E-state index is 0.0805. The van der Waals surface area contributed by atoms with E-state index >= 15 is 4.39 Å². The van der Waals surface area contributed by atoms with Gasteiger partial charge in [-0.1, -0.05) is 54.6 Å². The Labute approximate surface area is 272 Å². The van der Waals surface area contributed by atoms with Crippen molar-refractivity contribution in [2.24, 2.45) is 5.73 Å². The molecule has 2 fully saturated rings. The molecule has 9 heteroatoms. The molecule has 1 spiro atoms. The van der Waals surface area contributed by atoms with Crippen molar-refractivity contribution in [2.45, 2.75) is 55.6 Å². The van der Waals surface area contributed by atoms with E-state index in [-0.39, 0.29) is 36.3 Å². The number of nitrogens with zero attached hydrogens (tertiary/aromatic N) is 1. The fourth-order valence-electron chi connectivity index (χ4n) is 6.83. The fraction of sp³-hybridized carbons (Fsp3) is 0.316. The van der Waals surface area contributed by atoms with E-state index in [9.17, 15) is 18.4 Å². The van der Waals surface area contributed by atoms with Crippen molar-refractivity contribution in [3.63, 3.8) is 0 Å². The predicted octanol–water partition coefficient (Wildman–Crippen LogP) is 5.72. The first-order valence-electron chi connectivity index (χ1n) is 16.0. The van der Waals surface area contributed by atoms with E-state index in [0.29, 0.717) is 53.9 Å². The average molecular weight is 642 g/mol. The molecule has 3 N–H and O–H groups in total. The van der Waals surface area contributed by atoms with Crippen LogP contribution in [0.15, 0.2) is 97.1 Å². The molecule has 0 radical (unpaired) electrons. The quantitative estimate of drug-likeness (QED) is 0.207. The first-order valence-corrected chi connectivity index (χ1v) is 16.0. The Morgan fingerprint density at radius 3 is 2.13 bits per heavy atom. The largest absolute Gasteiger partial charge is 0.484 e. The molecule has 1 aliphatic heterocycles. The first-order chi connectivity index (χ1) is 22.7. The molecule has 1 saturated heterocycles. The van der Waals surface area contributed by atoms with Gasteiger partial charge in [0.15, 0.2) is 12.4 Å². The lowest BCUT2D eigenvalue weighted by atomic mass is 9.82. The molecule has 4 aromatic rings. The van der Waals surface area contributed by atoms with E-state index in [4.69, 9.17) is 10.5 Å². The Kier molecular flexibility index (Phi) is 9.75. The van der Waals surface area contributed by atoms with Crippen molar-refractivity contribution < 1.29 is 27.5 Å². The number of nitrogens with two attached hydrogens (primary N) is 1. The molecule has 0 aromatic heterocycles. The lowest BCUT2D eigenvalue weighted by Gasteiger charge is -2.43. The summed E-state index contributed by atoms with van der Waals surface area (Å²) in [6, 6.07) is 24.1. The zero-order chi connectivity index (χ0) is 33.0. The Hall–Kier alpha value is -4.47. The molecule has 2 atom stereocenters. The van der Waals surface area contributed by atoms with Gasteiger partial charge in [-0.15, -0.1) is 0 Å². The van der Waals surface area contributed by atoms with E-state index in [1.165, 1.54) is 30.3 Å². The molecule has 2 aliphatic rings. The Balaban J connectivity index is 1.18. The van der Waals surface area contributed by atoms with Gasteiger partial charge < -0.3 is 20.7 Å². The lowest BCUT2D eigenvalue weighted by molar-refractivity contribution is -0.141. The third-order valence-electron chi connectivity index (χ3n) is 9.41.